The van der Waals surface area contributed by atoms with E-state index < -0.39 is 28.5 Å². The Morgan fingerprint density at radius 3 is 2.03 bits per heavy atom. The number of anilines is 1. The number of hydrogen-bond acceptors (Lipinski definition) is 4. The lowest BCUT2D eigenvalue weighted by Gasteiger charge is -2.33. The van der Waals surface area contributed by atoms with Crippen LogP contribution in [-0.4, -0.2) is 43.8 Å². The van der Waals surface area contributed by atoms with Crippen molar-refractivity contribution in [3.8, 4) is 0 Å². The van der Waals surface area contributed by atoms with Crippen LogP contribution in [0.4, 0.5) is 5.69 Å². The topological polar surface area (TPSA) is 86.8 Å². The lowest BCUT2D eigenvalue weighted by Crippen LogP contribution is -2.53. The summed E-state index contributed by atoms with van der Waals surface area (Å²) in [6, 6.07) is 21.9. The molecule has 38 heavy (non-hydrogen) atoms. The third-order valence-electron chi connectivity index (χ3n) is 6.40. The zero-order valence-corrected chi connectivity index (χ0v) is 23.5. The Morgan fingerprint density at radius 1 is 0.868 bits per heavy atom. The quantitative estimate of drug-likeness (QED) is 0.381. The monoisotopic (exact) mass is 535 g/mol. The second-order valence-electron chi connectivity index (χ2n) is 9.69. The van der Waals surface area contributed by atoms with Crippen LogP contribution >= 0.6 is 0 Å². The van der Waals surface area contributed by atoms with E-state index in [1.807, 2.05) is 71.0 Å². The molecule has 0 saturated heterocycles. The largest absolute Gasteiger partial charge is 0.352 e. The molecule has 2 amide bonds. The molecule has 0 radical (unpaired) electrons. The molecule has 1 N–H and O–H groups in total. The van der Waals surface area contributed by atoms with Crippen molar-refractivity contribution in [1.29, 1.82) is 0 Å². The lowest BCUT2D eigenvalue weighted by molar-refractivity contribution is -0.140. The second kappa shape index (κ2) is 12.7. The average Bonchev–Trinajstić information content (AvgIpc) is 2.89. The standard InChI is InChI=1S/C30H37N3O4S/c1-6-28(30(35)31-22(2)3)32(20-25-13-9-7-10-14-25)29(34)21-33(26-18-17-23(4)24(5)19-26)38(36,37)27-15-11-8-12-16-27/h7-19,22,28H,6,20-21H2,1-5H3,(H,31,35)/t28-/m1/s1. The van der Waals surface area contributed by atoms with Crippen LogP contribution in [0.3, 0.4) is 0 Å². The van der Waals surface area contributed by atoms with Crippen molar-refractivity contribution in [3.05, 3.63) is 95.6 Å². The van der Waals surface area contributed by atoms with E-state index in [-0.39, 0.29) is 23.4 Å². The van der Waals surface area contributed by atoms with Gasteiger partial charge in [-0.15, -0.1) is 0 Å². The Labute approximate surface area is 226 Å². The summed E-state index contributed by atoms with van der Waals surface area (Å²) in [7, 11) is -4.07. The molecule has 0 heterocycles. The Bertz CT molecular complexity index is 1340. The van der Waals surface area contributed by atoms with Gasteiger partial charge in [-0.1, -0.05) is 61.5 Å². The smallest absolute Gasteiger partial charge is 0.264 e. The van der Waals surface area contributed by atoms with Gasteiger partial charge < -0.3 is 10.2 Å². The normalized spacial score (nSPS) is 12.2. The van der Waals surface area contributed by atoms with Crippen molar-refractivity contribution in [2.75, 3.05) is 10.8 Å². The van der Waals surface area contributed by atoms with E-state index in [0.29, 0.717) is 12.1 Å². The number of nitrogens with zero attached hydrogens (tertiary/aromatic N) is 2. The first kappa shape index (κ1) is 28.9. The van der Waals surface area contributed by atoms with Crippen LogP contribution in [0.15, 0.2) is 83.8 Å². The highest BCUT2D eigenvalue weighted by Crippen LogP contribution is 2.26. The molecule has 7 nitrogen and oxygen atoms in total. The molecule has 0 aromatic heterocycles. The highest BCUT2D eigenvalue weighted by molar-refractivity contribution is 7.92. The van der Waals surface area contributed by atoms with Crippen molar-refractivity contribution in [3.63, 3.8) is 0 Å². The van der Waals surface area contributed by atoms with E-state index in [1.165, 1.54) is 17.0 Å². The molecular weight excluding hydrogens is 498 g/mol. The Balaban J connectivity index is 2.06. The molecule has 0 saturated carbocycles. The van der Waals surface area contributed by atoms with Gasteiger partial charge in [0, 0.05) is 12.6 Å². The summed E-state index contributed by atoms with van der Waals surface area (Å²) < 4.78 is 28.8. The van der Waals surface area contributed by atoms with Crippen LogP contribution in [0.25, 0.3) is 0 Å². The Morgan fingerprint density at radius 2 is 1.47 bits per heavy atom. The number of hydrogen-bond donors (Lipinski definition) is 1. The molecule has 202 valence electrons. The van der Waals surface area contributed by atoms with Gasteiger partial charge in [-0.05, 0) is 75.1 Å². The van der Waals surface area contributed by atoms with Crippen molar-refractivity contribution < 1.29 is 18.0 Å². The maximum atomic E-state index is 14.0. The predicted molar refractivity (Wildman–Crippen MR) is 151 cm³/mol. The van der Waals surface area contributed by atoms with Crippen molar-refractivity contribution in [1.82, 2.24) is 10.2 Å². The molecular formula is C30H37N3O4S. The number of amides is 2. The fourth-order valence-corrected chi connectivity index (χ4v) is 5.64. The minimum Gasteiger partial charge on any atom is -0.352 e. The van der Waals surface area contributed by atoms with Gasteiger partial charge in [0.15, 0.2) is 0 Å². The van der Waals surface area contributed by atoms with Crippen LogP contribution in [0.5, 0.6) is 0 Å². The first-order valence-electron chi connectivity index (χ1n) is 12.8. The van der Waals surface area contributed by atoms with Crippen molar-refractivity contribution >= 4 is 27.5 Å². The zero-order valence-electron chi connectivity index (χ0n) is 22.7. The highest BCUT2D eigenvalue weighted by atomic mass is 32.2. The van der Waals surface area contributed by atoms with E-state index in [1.54, 1.807) is 30.3 Å². The lowest BCUT2D eigenvalue weighted by atomic mass is 10.1. The Kier molecular flexibility index (Phi) is 9.69. The highest BCUT2D eigenvalue weighted by Gasteiger charge is 2.33. The molecule has 0 aliphatic heterocycles. The van der Waals surface area contributed by atoms with E-state index in [9.17, 15) is 18.0 Å². The minimum atomic E-state index is -4.07. The van der Waals surface area contributed by atoms with Crippen molar-refractivity contribution in [2.24, 2.45) is 0 Å². The molecule has 0 bridgehead atoms. The zero-order chi connectivity index (χ0) is 27.9. The summed E-state index contributed by atoms with van der Waals surface area (Å²) >= 11 is 0. The minimum absolute atomic E-state index is 0.0882. The summed E-state index contributed by atoms with van der Waals surface area (Å²) in [6.45, 7) is 9.15. The van der Waals surface area contributed by atoms with Gasteiger partial charge in [0.2, 0.25) is 11.8 Å². The van der Waals surface area contributed by atoms with Gasteiger partial charge in [0.05, 0.1) is 10.6 Å². The van der Waals surface area contributed by atoms with Crippen LogP contribution in [0.2, 0.25) is 0 Å². The van der Waals surface area contributed by atoms with Gasteiger partial charge in [-0.3, -0.25) is 13.9 Å². The van der Waals surface area contributed by atoms with Crippen LogP contribution < -0.4 is 9.62 Å². The second-order valence-corrected chi connectivity index (χ2v) is 11.6. The molecule has 0 aliphatic carbocycles. The summed E-state index contributed by atoms with van der Waals surface area (Å²) in [5.41, 5.74) is 3.16. The molecule has 0 aliphatic rings. The maximum absolute atomic E-state index is 14.0. The molecule has 0 unspecified atom stereocenters. The number of benzene rings is 3. The van der Waals surface area contributed by atoms with Gasteiger partial charge >= 0.3 is 0 Å². The SMILES string of the molecule is CC[C@H](C(=O)NC(C)C)N(Cc1ccccc1)C(=O)CN(c1ccc(C)c(C)c1)S(=O)(=O)c1ccccc1. The van der Waals surface area contributed by atoms with Gasteiger partial charge in [-0.25, -0.2) is 8.42 Å². The Hall–Kier alpha value is -3.65. The number of carbonyl (C=O) groups is 2. The maximum Gasteiger partial charge on any atom is 0.264 e. The van der Waals surface area contributed by atoms with E-state index >= 15 is 0 Å². The molecule has 3 rings (SSSR count). The fraction of sp³-hybridized carbons (Fsp3) is 0.333. The fourth-order valence-electron chi connectivity index (χ4n) is 4.21. The van der Waals surface area contributed by atoms with Gasteiger partial charge in [-0.2, -0.15) is 0 Å². The predicted octanol–water partition coefficient (Wildman–Crippen LogP) is 4.83. The number of sulfonamides is 1. The third kappa shape index (κ3) is 7.01. The molecule has 1 atom stereocenters. The molecule has 0 spiro atoms. The first-order chi connectivity index (χ1) is 18.0. The third-order valence-corrected chi connectivity index (χ3v) is 8.19. The van der Waals surface area contributed by atoms with E-state index in [4.69, 9.17) is 0 Å². The molecule has 0 fully saturated rings. The first-order valence-corrected chi connectivity index (χ1v) is 14.3. The average molecular weight is 536 g/mol. The number of nitrogens with one attached hydrogen (secondary N) is 1. The molecule has 3 aromatic carbocycles. The van der Waals surface area contributed by atoms with Crippen LogP contribution in [-0.2, 0) is 26.2 Å². The van der Waals surface area contributed by atoms with Crippen molar-refractivity contribution in [2.45, 2.75) is 64.6 Å². The van der Waals surface area contributed by atoms with Gasteiger partial charge in [0.1, 0.15) is 12.6 Å². The molecule has 3 aromatic rings. The van der Waals surface area contributed by atoms with Crippen LogP contribution in [0, 0.1) is 13.8 Å². The summed E-state index contributed by atoms with van der Waals surface area (Å²) in [6.07, 6.45) is 0.381. The molecule has 8 heteroatoms. The van der Waals surface area contributed by atoms with E-state index in [2.05, 4.69) is 5.32 Å². The number of aryl methyl sites for hydroxylation is 2. The summed E-state index contributed by atoms with van der Waals surface area (Å²) in [5, 5.41) is 2.91. The number of rotatable bonds is 11. The van der Waals surface area contributed by atoms with E-state index in [0.717, 1.165) is 21.0 Å². The van der Waals surface area contributed by atoms with Gasteiger partial charge in [0.25, 0.3) is 10.0 Å². The summed E-state index contributed by atoms with van der Waals surface area (Å²) in [5.74, 6) is -0.729. The summed E-state index contributed by atoms with van der Waals surface area (Å²) in [4.78, 5) is 28.7. The number of carbonyl (C=O) groups excluding carboxylic acids is 2. The van der Waals surface area contributed by atoms with Crippen LogP contribution in [0.1, 0.15) is 43.9 Å².